The summed E-state index contributed by atoms with van der Waals surface area (Å²) < 4.78 is 14.2. The van der Waals surface area contributed by atoms with Crippen LogP contribution < -0.4 is 16.1 Å². The molecule has 0 aliphatic rings. The van der Waals surface area contributed by atoms with Crippen molar-refractivity contribution in [1.29, 1.82) is 0 Å². The minimum Gasteiger partial charge on any atom is -0.508 e. The van der Waals surface area contributed by atoms with Crippen molar-refractivity contribution in [2.24, 2.45) is 0 Å². The molecular weight excluding hydrogens is 417 g/mol. The molecule has 0 aliphatic carbocycles. The van der Waals surface area contributed by atoms with E-state index in [4.69, 9.17) is 0 Å². The van der Waals surface area contributed by atoms with Gasteiger partial charge in [-0.25, -0.2) is 4.79 Å². The van der Waals surface area contributed by atoms with Crippen molar-refractivity contribution in [2.45, 2.75) is 33.2 Å². The molecule has 8 nitrogen and oxygen atoms in total. The molecule has 0 saturated heterocycles. The van der Waals surface area contributed by atoms with E-state index in [1.54, 1.807) is 31.2 Å². The summed E-state index contributed by atoms with van der Waals surface area (Å²) >= 11 is 0. The normalized spacial score (nSPS) is 11.0. The Kier molecular flexibility index (Phi) is 6.47. The molecule has 0 unspecified atom stereocenters. The SMILES string of the molecule is CCN(C(=O)c1cc(C(C)C)c(O)cc1O)c1ccc(Cn2c(=O)[nH]cc(F)c2=O)cc1. The number of benzene rings is 2. The van der Waals surface area contributed by atoms with Gasteiger partial charge in [-0.1, -0.05) is 26.0 Å². The number of hydrogen-bond acceptors (Lipinski definition) is 5. The predicted octanol–water partition coefficient (Wildman–Crippen LogP) is 2.93. The van der Waals surface area contributed by atoms with Crippen molar-refractivity contribution in [3.05, 3.63) is 85.9 Å². The van der Waals surface area contributed by atoms with Crippen molar-refractivity contribution in [1.82, 2.24) is 9.55 Å². The standard InChI is InChI=1S/C23H24FN3O5/c1-4-26(21(30)17-9-16(13(2)3)19(28)10-20(17)29)15-7-5-14(6-8-15)12-27-22(31)18(24)11-25-23(27)32/h5-11,13,28-29H,4,12H2,1-3H3,(H,25,32). The number of anilines is 1. The fourth-order valence-electron chi connectivity index (χ4n) is 3.41. The minimum absolute atomic E-state index is 0.0501. The molecule has 3 aromatic rings. The maximum atomic E-state index is 13.5. The number of phenols is 2. The van der Waals surface area contributed by atoms with Gasteiger partial charge >= 0.3 is 5.69 Å². The Labute approximate surface area is 183 Å². The van der Waals surface area contributed by atoms with Gasteiger partial charge in [0.25, 0.3) is 11.5 Å². The smallest absolute Gasteiger partial charge is 0.328 e. The van der Waals surface area contributed by atoms with E-state index in [2.05, 4.69) is 4.98 Å². The van der Waals surface area contributed by atoms with Crippen molar-refractivity contribution in [3.8, 4) is 11.5 Å². The molecule has 1 amide bonds. The van der Waals surface area contributed by atoms with E-state index >= 15 is 0 Å². The average molecular weight is 441 g/mol. The van der Waals surface area contributed by atoms with Gasteiger partial charge in [-0.15, -0.1) is 0 Å². The third kappa shape index (κ3) is 4.41. The molecule has 0 saturated carbocycles. The highest BCUT2D eigenvalue weighted by atomic mass is 19.1. The van der Waals surface area contributed by atoms with E-state index < -0.39 is 23.0 Å². The number of carbonyl (C=O) groups is 1. The van der Waals surface area contributed by atoms with Crippen molar-refractivity contribution < 1.29 is 19.4 Å². The number of aromatic hydroxyl groups is 2. The number of phenolic OH excluding ortho intramolecular Hbond substituents is 2. The van der Waals surface area contributed by atoms with Gasteiger partial charge in [0.15, 0.2) is 0 Å². The average Bonchev–Trinajstić information content (AvgIpc) is 2.75. The fraction of sp³-hybridized carbons (Fsp3) is 0.261. The number of H-pyrrole nitrogens is 1. The molecule has 0 radical (unpaired) electrons. The largest absolute Gasteiger partial charge is 0.508 e. The van der Waals surface area contributed by atoms with Crippen LogP contribution in [0.25, 0.3) is 0 Å². The highest BCUT2D eigenvalue weighted by Crippen LogP contribution is 2.33. The number of halogens is 1. The maximum Gasteiger partial charge on any atom is 0.328 e. The summed E-state index contributed by atoms with van der Waals surface area (Å²) in [6, 6.07) is 9.16. The first-order valence-corrected chi connectivity index (χ1v) is 10.1. The van der Waals surface area contributed by atoms with Crippen LogP contribution in [0.2, 0.25) is 0 Å². The fourth-order valence-corrected chi connectivity index (χ4v) is 3.41. The maximum absolute atomic E-state index is 13.5. The van der Waals surface area contributed by atoms with Crippen LogP contribution in [-0.4, -0.2) is 32.2 Å². The zero-order valence-electron chi connectivity index (χ0n) is 17.9. The molecule has 0 spiro atoms. The molecular formula is C23H24FN3O5. The van der Waals surface area contributed by atoms with Gasteiger partial charge in [0.1, 0.15) is 11.5 Å². The molecule has 32 heavy (non-hydrogen) atoms. The zero-order chi connectivity index (χ0) is 23.6. The molecule has 1 heterocycles. The van der Waals surface area contributed by atoms with Crippen molar-refractivity contribution >= 4 is 11.6 Å². The summed E-state index contributed by atoms with van der Waals surface area (Å²) in [4.78, 5) is 40.5. The first-order chi connectivity index (χ1) is 15.1. The van der Waals surface area contributed by atoms with Crippen LogP contribution in [0.3, 0.4) is 0 Å². The Hall–Kier alpha value is -3.88. The van der Waals surface area contributed by atoms with Crippen LogP contribution in [-0.2, 0) is 6.54 Å². The molecule has 3 N–H and O–H groups in total. The highest BCUT2D eigenvalue weighted by Gasteiger charge is 2.22. The second kappa shape index (κ2) is 9.09. The van der Waals surface area contributed by atoms with E-state index in [9.17, 15) is 29.0 Å². The van der Waals surface area contributed by atoms with Crippen LogP contribution in [0.15, 0.2) is 52.2 Å². The van der Waals surface area contributed by atoms with Gasteiger partial charge in [0.05, 0.1) is 12.1 Å². The van der Waals surface area contributed by atoms with Gasteiger partial charge in [0.2, 0.25) is 5.82 Å². The molecule has 1 aromatic heterocycles. The Bertz CT molecular complexity index is 1260. The molecule has 2 aromatic carbocycles. The van der Waals surface area contributed by atoms with E-state index in [-0.39, 0.29) is 29.5 Å². The molecule has 168 valence electrons. The summed E-state index contributed by atoms with van der Waals surface area (Å²) in [5.41, 5.74) is -0.0505. The Balaban J connectivity index is 1.90. The van der Waals surface area contributed by atoms with E-state index in [1.165, 1.54) is 11.0 Å². The number of aromatic nitrogens is 2. The lowest BCUT2D eigenvalue weighted by Gasteiger charge is -2.23. The Morgan fingerprint density at radius 3 is 2.38 bits per heavy atom. The number of carbonyl (C=O) groups excluding carboxylic acids is 1. The molecule has 3 rings (SSSR count). The third-order valence-corrected chi connectivity index (χ3v) is 5.16. The highest BCUT2D eigenvalue weighted by molar-refractivity contribution is 6.08. The van der Waals surface area contributed by atoms with E-state index in [1.807, 2.05) is 13.8 Å². The quantitative estimate of drug-likeness (QED) is 0.544. The molecule has 0 fully saturated rings. The summed E-state index contributed by atoms with van der Waals surface area (Å²) in [6.07, 6.45) is 0.721. The minimum atomic E-state index is -1.06. The number of amides is 1. The summed E-state index contributed by atoms with van der Waals surface area (Å²) in [6.45, 7) is 5.68. The second-order valence-corrected chi connectivity index (χ2v) is 7.63. The Morgan fingerprint density at radius 1 is 1.12 bits per heavy atom. The lowest BCUT2D eigenvalue weighted by Crippen LogP contribution is -2.36. The predicted molar refractivity (Wildman–Crippen MR) is 118 cm³/mol. The number of hydrogen-bond donors (Lipinski definition) is 3. The number of rotatable bonds is 6. The topological polar surface area (TPSA) is 116 Å². The van der Waals surface area contributed by atoms with Crippen LogP contribution >= 0.6 is 0 Å². The monoisotopic (exact) mass is 441 g/mol. The molecule has 0 atom stereocenters. The number of nitrogens with zero attached hydrogens (tertiary/aromatic N) is 2. The third-order valence-electron chi connectivity index (χ3n) is 5.16. The van der Waals surface area contributed by atoms with Crippen LogP contribution in [0, 0.1) is 5.82 Å². The lowest BCUT2D eigenvalue weighted by atomic mass is 9.98. The molecule has 0 aliphatic heterocycles. The van der Waals surface area contributed by atoms with Gasteiger partial charge in [-0.2, -0.15) is 4.39 Å². The summed E-state index contributed by atoms with van der Waals surface area (Å²) in [7, 11) is 0. The van der Waals surface area contributed by atoms with Gasteiger partial charge in [-0.3, -0.25) is 14.2 Å². The van der Waals surface area contributed by atoms with E-state index in [0.29, 0.717) is 23.4 Å². The molecule has 0 bridgehead atoms. The lowest BCUT2D eigenvalue weighted by molar-refractivity contribution is 0.0985. The second-order valence-electron chi connectivity index (χ2n) is 7.63. The first-order valence-electron chi connectivity index (χ1n) is 10.1. The van der Waals surface area contributed by atoms with Crippen molar-refractivity contribution in [2.75, 3.05) is 11.4 Å². The number of aromatic amines is 1. The Morgan fingerprint density at radius 2 is 1.78 bits per heavy atom. The summed E-state index contributed by atoms with van der Waals surface area (Å²) in [5, 5.41) is 20.3. The molecule has 9 heteroatoms. The van der Waals surface area contributed by atoms with Gasteiger partial charge < -0.3 is 20.1 Å². The van der Waals surface area contributed by atoms with E-state index in [0.717, 1.165) is 16.8 Å². The van der Waals surface area contributed by atoms with Crippen LogP contribution in [0.1, 0.15) is 48.2 Å². The van der Waals surface area contributed by atoms with Gasteiger partial charge in [-0.05, 0) is 42.2 Å². The van der Waals surface area contributed by atoms with Gasteiger partial charge in [0, 0.05) is 24.5 Å². The van der Waals surface area contributed by atoms with Crippen molar-refractivity contribution in [3.63, 3.8) is 0 Å². The first kappa shape index (κ1) is 22.8. The number of nitrogens with one attached hydrogen (secondary N) is 1. The zero-order valence-corrected chi connectivity index (χ0v) is 17.9. The summed E-state index contributed by atoms with van der Waals surface area (Å²) in [5.74, 6) is -1.96. The van der Waals surface area contributed by atoms with Crippen LogP contribution in [0.5, 0.6) is 11.5 Å². The van der Waals surface area contributed by atoms with Crippen LogP contribution in [0.4, 0.5) is 10.1 Å².